The summed E-state index contributed by atoms with van der Waals surface area (Å²) in [5, 5.41) is 5.84. The summed E-state index contributed by atoms with van der Waals surface area (Å²) < 4.78 is 5.57. The highest BCUT2D eigenvalue weighted by molar-refractivity contribution is 7.09. The Morgan fingerprint density at radius 1 is 1.39 bits per heavy atom. The first kappa shape index (κ1) is 15.7. The number of hydrogen-bond acceptors (Lipinski definition) is 5. The molecule has 0 spiro atoms. The fourth-order valence-electron chi connectivity index (χ4n) is 2.54. The molecule has 5 nitrogen and oxygen atoms in total. The van der Waals surface area contributed by atoms with Crippen molar-refractivity contribution in [2.45, 2.75) is 32.7 Å². The lowest BCUT2D eigenvalue weighted by Gasteiger charge is -2.19. The van der Waals surface area contributed by atoms with Crippen molar-refractivity contribution >= 4 is 17.2 Å². The van der Waals surface area contributed by atoms with Gasteiger partial charge < -0.3 is 10.1 Å². The van der Waals surface area contributed by atoms with E-state index >= 15 is 0 Å². The molecule has 23 heavy (non-hydrogen) atoms. The minimum atomic E-state index is -0.0396. The molecule has 1 aliphatic heterocycles. The molecule has 0 fully saturated rings. The number of nitrogens with zero attached hydrogens (tertiary/aromatic N) is 2. The van der Waals surface area contributed by atoms with E-state index in [0.29, 0.717) is 13.2 Å². The summed E-state index contributed by atoms with van der Waals surface area (Å²) in [6.45, 7) is 3.16. The van der Waals surface area contributed by atoms with Crippen LogP contribution in [0.1, 0.15) is 31.2 Å². The predicted octanol–water partition coefficient (Wildman–Crippen LogP) is 3.30. The standard InChI is InChI=1S/C17H19N3O2S/c1-2-15-13(4-3-9-22-15)17(21)19-10-16-20-14(11-23-16)12-5-7-18-8-6-12/h5-8,11H,2-4,9-10H2,1H3,(H,19,21). The Morgan fingerprint density at radius 3 is 3.00 bits per heavy atom. The van der Waals surface area contributed by atoms with Crippen molar-refractivity contribution in [2.75, 3.05) is 6.61 Å². The number of carbonyl (C=O) groups is 1. The van der Waals surface area contributed by atoms with Crippen LogP contribution in [0, 0.1) is 0 Å². The summed E-state index contributed by atoms with van der Waals surface area (Å²) in [5.41, 5.74) is 2.73. The van der Waals surface area contributed by atoms with Crippen molar-refractivity contribution in [1.29, 1.82) is 0 Å². The minimum Gasteiger partial charge on any atom is -0.497 e. The van der Waals surface area contributed by atoms with Gasteiger partial charge in [-0.3, -0.25) is 9.78 Å². The Labute approximate surface area is 139 Å². The van der Waals surface area contributed by atoms with Crippen molar-refractivity contribution in [3.05, 3.63) is 46.2 Å². The third kappa shape index (κ3) is 3.76. The number of ether oxygens (including phenoxy) is 1. The molecule has 3 rings (SSSR count). The van der Waals surface area contributed by atoms with Gasteiger partial charge in [-0.25, -0.2) is 4.98 Å². The molecule has 0 radical (unpaired) electrons. The van der Waals surface area contributed by atoms with Crippen LogP contribution >= 0.6 is 11.3 Å². The van der Waals surface area contributed by atoms with E-state index in [9.17, 15) is 4.79 Å². The lowest BCUT2D eigenvalue weighted by atomic mass is 10.0. The molecule has 0 bridgehead atoms. The Kier molecular flexibility index (Phi) is 5.02. The van der Waals surface area contributed by atoms with Gasteiger partial charge in [0.15, 0.2) is 0 Å². The average molecular weight is 329 g/mol. The van der Waals surface area contributed by atoms with Gasteiger partial charge in [-0.05, 0) is 25.0 Å². The molecule has 6 heteroatoms. The van der Waals surface area contributed by atoms with Gasteiger partial charge in [0, 0.05) is 29.8 Å². The van der Waals surface area contributed by atoms with Crippen molar-refractivity contribution < 1.29 is 9.53 Å². The number of allylic oxidation sites excluding steroid dienone is 1. The van der Waals surface area contributed by atoms with Crippen molar-refractivity contribution in [1.82, 2.24) is 15.3 Å². The fourth-order valence-corrected chi connectivity index (χ4v) is 3.28. The van der Waals surface area contributed by atoms with Crippen LogP contribution in [-0.4, -0.2) is 22.5 Å². The maximum atomic E-state index is 12.3. The van der Waals surface area contributed by atoms with E-state index in [4.69, 9.17) is 4.74 Å². The highest BCUT2D eigenvalue weighted by Crippen LogP contribution is 2.23. The first-order valence-electron chi connectivity index (χ1n) is 7.75. The van der Waals surface area contributed by atoms with E-state index in [1.165, 1.54) is 0 Å². The molecule has 1 N–H and O–H groups in total. The van der Waals surface area contributed by atoms with Crippen molar-refractivity contribution in [3.8, 4) is 11.3 Å². The molecular weight excluding hydrogens is 310 g/mol. The summed E-state index contributed by atoms with van der Waals surface area (Å²) >= 11 is 1.55. The molecule has 120 valence electrons. The molecule has 1 amide bonds. The average Bonchev–Trinajstić information content (AvgIpc) is 3.09. The van der Waals surface area contributed by atoms with E-state index in [1.807, 2.05) is 24.4 Å². The van der Waals surface area contributed by atoms with E-state index in [0.717, 1.165) is 46.9 Å². The number of nitrogens with one attached hydrogen (secondary N) is 1. The largest absolute Gasteiger partial charge is 0.497 e. The molecule has 0 atom stereocenters. The van der Waals surface area contributed by atoms with Gasteiger partial charge in [-0.2, -0.15) is 0 Å². The van der Waals surface area contributed by atoms with Crippen LogP contribution in [0.4, 0.5) is 0 Å². The first-order chi connectivity index (χ1) is 11.3. The Morgan fingerprint density at radius 2 is 2.22 bits per heavy atom. The third-order valence-electron chi connectivity index (χ3n) is 3.71. The van der Waals surface area contributed by atoms with Gasteiger partial charge in [0.05, 0.1) is 24.4 Å². The second-order valence-electron chi connectivity index (χ2n) is 5.25. The number of rotatable bonds is 5. The van der Waals surface area contributed by atoms with E-state index < -0.39 is 0 Å². The second kappa shape index (κ2) is 7.37. The monoisotopic (exact) mass is 329 g/mol. The second-order valence-corrected chi connectivity index (χ2v) is 6.20. The van der Waals surface area contributed by atoms with Gasteiger partial charge in [-0.15, -0.1) is 11.3 Å². The number of amides is 1. The molecule has 0 saturated heterocycles. The Hall–Kier alpha value is -2.21. The minimum absolute atomic E-state index is 0.0396. The number of pyridine rings is 1. The van der Waals surface area contributed by atoms with E-state index in [2.05, 4.69) is 15.3 Å². The van der Waals surface area contributed by atoms with Crippen LogP contribution < -0.4 is 5.32 Å². The molecule has 0 saturated carbocycles. The maximum Gasteiger partial charge on any atom is 0.250 e. The number of aromatic nitrogens is 2. The van der Waals surface area contributed by atoms with Crippen LogP contribution in [0.25, 0.3) is 11.3 Å². The van der Waals surface area contributed by atoms with Crippen molar-refractivity contribution in [3.63, 3.8) is 0 Å². The Balaban J connectivity index is 1.64. The van der Waals surface area contributed by atoms with Gasteiger partial charge in [0.25, 0.3) is 5.91 Å². The fraction of sp³-hybridized carbons (Fsp3) is 0.353. The number of carbonyl (C=O) groups excluding carboxylic acids is 1. The Bertz CT molecular complexity index is 710. The highest BCUT2D eigenvalue weighted by atomic mass is 32.1. The summed E-state index contributed by atoms with van der Waals surface area (Å²) in [6, 6.07) is 3.85. The van der Waals surface area contributed by atoms with Crippen LogP contribution in [0.15, 0.2) is 41.2 Å². The molecular formula is C17H19N3O2S. The zero-order valence-corrected chi connectivity index (χ0v) is 13.9. The number of thiazole rings is 1. The molecule has 0 aromatic carbocycles. The van der Waals surface area contributed by atoms with Crippen LogP contribution in [0.5, 0.6) is 0 Å². The van der Waals surface area contributed by atoms with Crippen LogP contribution in [0.3, 0.4) is 0 Å². The van der Waals surface area contributed by atoms with Crippen molar-refractivity contribution in [2.24, 2.45) is 0 Å². The SMILES string of the molecule is CCC1=C(C(=O)NCc2nc(-c3ccncc3)cs2)CCCO1. The molecule has 0 unspecified atom stereocenters. The molecule has 3 heterocycles. The zero-order valence-electron chi connectivity index (χ0n) is 13.0. The van der Waals surface area contributed by atoms with E-state index in [1.54, 1.807) is 23.7 Å². The molecule has 1 aliphatic rings. The maximum absolute atomic E-state index is 12.3. The van der Waals surface area contributed by atoms with Gasteiger partial charge in [-0.1, -0.05) is 6.92 Å². The lowest BCUT2D eigenvalue weighted by Crippen LogP contribution is -2.27. The van der Waals surface area contributed by atoms with Gasteiger partial charge in [0.1, 0.15) is 10.8 Å². The van der Waals surface area contributed by atoms with Crippen LogP contribution in [0.2, 0.25) is 0 Å². The quantitative estimate of drug-likeness (QED) is 0.914. The smallest absolute Gasteiger partial charge is 0.250 e. The predicted molar refractivity (Wildman–Crippen MR) is 89.7 cm³/mol. The third-order valence-corrected chi connectivity index (χ3v) is 4.56. The molecule has 0 aliphatic carbocycles. The summed E-state index contributed by atoms with van der Waals surface area (Å²) in [4.78, 5) is 20.9. The van der Waals surface area contributed by atoms with E-state index in [-0.39, 0.29) is 5.91 Å². The number of hydrogen-bond donors (Lipinski definition) is 1. The lowest BCUT2D eigenvalue weighted by molar-refractivity contribution is -0.118. The normalized spacial score (nSPS) is 14.5. The topological polar surface area (TPSA) is 64.1 Å². The van der Waals surface area contributed by atoms with Crippen LogP contribution in [-0.2, 0) is 16.1 Å². The summed E-state index contributed by atoms with van der Waals surface area (Å²) in [6.07, 6.45) is 5.94. The molecule has 2 aromatic rings. The summed E-state index contributed by atoms with van der Waals surface area (Å²) in [7, 11) is 0. The van der Waals surface area contributed by atoms with Gasteiger partial charge in [0.2, 0.25) is 0 Å². The van der Waals surface area contributed by atoms with Gasteiger partial charge >= 0.3 is 0 Å². The molecule has 2 aromatic heterocycles. The highest BCUT2D eigenvalue weighted by Gasteiger charge is 2.19. The first-order valence-corrected chi connectivity index (χ1v) is 8.63. The zero-order chi connectivity index (χ0) is 16.1. The summed E-state index contributed by atoms with van der Waals surface area (Å²) in [5.74, 6) is 0.785.